The monoisotopic (exact) mass is 485 g/mol. The highest BCUT2D eigenvalue weighted by molar-refractivity contribution is 7.22. The van der Waals surface area contributed by atoms with Crippen molar-refractivity contribution in [2.24, 2.45) is 0 Å². The van der Waals surface area contributed by atoms with Crippen molar-refractivity contribution in [1.29, 1.82) is 0 Å². The number of aromatic nitrogens is 1. The molecule has 0 radical (unpaired) electrons. The largest absolute Gasteiger partial charge is 0.457 e. The fourth-order valence-corrected chi connectivity index (χ4v) is 4.35. The zero-order chi connectivity index (χ0) is 22.7. The van der Waals surface area contributed by atoms with E-state index in [1.807, 2.05) is 6.07 Å². The molecule has 0 aliphatic rings. The summed E-state index contributed by atoms with van der Waals surface area (Å²) in [6.45, 7) is 1.78. The van der Waals surface area contributed by atoms with Crippen LogP contribution in [0, 0.1) is 0 Å². The van der Waals surface area contributed by atoms with E-state index in [0.717, 1.165) is 15.8 Å². The second-order valence-corrected chi connectivity index (χ2v) is 8.69. The lowest BCUT2D eigenvalue weighted by Crippen LogP contribution is -2.08. The van der Waals surface area contributed by atoms with Gasteiger partial charge in [0, 0.05) is 33.8 Å². The van der Waals surface area contributed by atoms with Gasteiger partial charge in [0.15, 0.2) is 5.13 Å². The average molecular weight is 486 g/mol. The van der Waals surface area contributed by atoms with E-state index in [1.54, 1.807) is 55.5 Å². The number of nitrogens with zero attached hydrogens (tertiary/aromatic N) is 1. The van der Waals surface area contributed by atoms with Gasteiger partial charge >= 0.3 is 0 Å². The molecule has 4 aromatic rings. The molecule has 0 aliphatic carbocycles. The summed E-state index contributed by atoms with van der Waals surface area (Å²) in [4.78, 5) is 28.2. The Hall–Kier alpha value is -3.13. The van der Waals surface area contributed by atoms with Crippen molar-refractivity contribution in [3.8, 4) is 11.3 Å². The van der Waals surface area contributed by atoms with Crippen molar-refractivity contribution in [1.82, 2.24) is 4.98 Å². The molecule has 32 heavy (non-hydrogen) atoms. The first-order valence-electron chi connectivity index (χ1n) is 9.65. The van der Waals surface area contributed by atoms with Crippen LogP contribution >= 0.6 is 34.5 Å². The van der Waals surface area contributed by atoms with E-state index in [1.165, 1.54) is 17.4 Å². The van der Waals surface area contributed by atoms with Crippen molar-refractivity contribution < 1.29 is 14.0 Å². The molecule has 0 fully saturated rings. The van der Waals surface area contributed by atoms with E-state index < -0.39 is 0 Å². The first-order valence-corrected chi connectivity index (χ1v) is 11.2. The van der Waals surface area contributed by atoms with Crippen LogP contribution in [0.1, 0.15) is 19.1 Å². The number of carbonyl (C=O) groups is 2. The highest BCUT2D eigenvalue weighted by Gasteiger charge is 2.09. The zero-order valence-corrected chi connectivity index (χ0v) is 19.1. The number of rotatable bonds is 6. The first-order chi connectivity index (χ1) is 15.4. The van der Waals surface area contributed by atoms with Gasteiger partial charge in [-0.2, -0.15) is 0 Å². The highest BCUT2D eigenvalue weighted by atomic mass is 35.5. The second-order valence-electron chi connectivity index (χ2n) is 6.79. The van der Waals surface area contributed by atoms with Crippen molar-refractivity contribution in [3.63, 3.8) is 0 Å². The minimum absolute atomic E-state index is 0.0951. The van der Waals surface area contributed by atoms with Crippen molar-refractivity contribution in [2.45, 2.75) is 13.3 Å². The minimum atomic E-state index is -0.308. The molecule has 0 saturated carbocycles. The molecule has 0 aliphatic heterocycles. The molecule has 0 atom stereocenters. The molecule has 0 saturated heterocycles. The number of fused-ring (bicyclic) bond motifs is 1. The molecule has 0 spiro atoms. The van der Waals surface area contributed by atoms with E-state index in [9.17, 15) is 9.59 Å². The van der Waals surface area contributed by atoms with Crippen LogP contribution in [-0.4, -0.2) is 16.8 Å². The van der Waals surface area contributed by atoms with E-state index in [2.05, 4.69) is 15.6 Å². The Kier molecular flexibility index (Phi) is 6.60. The van der Waals surface area contributed by atoms with Gasteiger partial charge in [0.05, 0.1) is 10.2 Å². The second kappa shape index (κ2) is 9.56. The third-order valence-corrected chi connectivity index (χ3v) is 5.77. The molecule has 0 unspecified atom stereocenters. The molecule has 2 amide bonds. The standard InChI is InChI=1S/C23H17Cl2N3O3S/c1-2-21(29)28-23-27-18-6-3-16(12-20(18)32-23)26-22(30)8-5-17-4-7-19(31-17)13-9-14(24)11-15(25)10-13/h3-12H,2H2,1H3,(H,26,30)(H,27,28,29)/b8-5+. The number of thiazole rings is 1. The predicted octanol–water partition coefficient (Wildman–Crippen LogP) is 6.86. The summed E-state index contributed by atoms with van der Waals surface area (Å²) in [6.07, 6.45) is 3.35. The Morgan fingerprint density at radius 1 is 1.06 bits per heavy atom. The van der Waals surface area contributed by atoms with Crippen LogP contribution in [0.2, 0.25) is 10.0 Å². The summed E-state index contributed by atoms with van der Waals surface area (Å²) in [5.74, 6) is 0.705. The normalized spacial score (nSPS) is 11.2. The van der Waals surface area contributed by atoms with Gasteiger partial charge in [0.2, 0.25) is 11.8 Å². The number of benzene rings is 2. The molecule has 9 heteroatoms. The highest BCUT2D eigenvalue weighted by Crippen LogP contribution is 2.30. The Morgan fingerprint density at radius 3 is 2.59 bits per heavy atom. The Morgan fingerprint density at radius 2 is 1.84 bits per heavy atom. The van der Waals surface area contributed by atoms with E-state index >= 15 is 0 Å². The maximum atomic E-state index is 12.3. The molecule has 162 valence electrons. The number of nitrogens with one attached hydrogen (secondary N) is 2. The third kappa shape index (κ3) is 5.37. The molecule has 2 aromatic heterocycles. The molecule has 2 N–H and O–H groups in total. The average Bonchev–Trinajstić information content (AvgIpc) is 3.37. The fourth-order valence-electron chi connectivity index (χ4n) is 2.90. The van der Waals surface area contributed by atoms with E-state index in [-0.39, 0.29) is 11.8 Å². The van der Waals surface area contributed by atoms with Gasteiger partial charge in [0.25, 0.3) is 0 Å². The molecule has 2 heterocycles. The fraction of sp³-hybridized carbons (Fsp3) is 0.0870. The van der Waals surface area contributed by atoms with Crippen molar-refractivity contribution >= 4 is 73.5 Å². The maximum absolute atomic E-state index is 12.3. The summed E-state index contributed by atoms with van der Waals surface area (Å²) >= 11 is 13.4. The summed E-state index contributed by atoms with van der Waals surface area (Å²) in [7, 11) is 0. The lowest BCUT2D eigenvalue weighted by Gasteiger charge is -2.01. The van der Waals surface area contributed by atoms with Gasteiger partial charge in [-0.05, 0) is 54.6 Å². The van der Waals surface area contributed by atoms with Crippen molar-refractivity contribution in [3.05, 3.63) is 70.4 Å². The van der Waals surface area contributed by atoms with Gasteiger partial charge in [0.1, 0.15) is 11.5 Å². The minimum Gasteiger partial charge on any atom is -0.457 e. The lowest BCUT2D eigenvalue weighted by molar-refractivity contribution is -0.116. The predicted molar refractivity (Wildman–Crippen MR) is 130 cm³/mol. The smallest absolute Gasteiger partial charge is 0.248 e. The number of anilines is 2. The van der Waals surface area contributed by atoms with Gasteiger partial charge in [-0.1, -0.05) is 41.5 Å². The molecular weight excluding hydrogens is 469 g/mol. The van der Waals surface area contributed by atoms with Gasteiger partial charge in [-0.3, -0.25) is 9.59 Å². The summed E-state index contributed by atoms with van der Waals surface area (Å²) in [5.41, 5.74) is 2.12. The van der Waals surface area contributed by atoms with Crippen LogP contribution in [0.25, 0.3) is 27.6 Å². The van der Waals surface area contributed by atoms with E-state index in [0.29, 0.717) is 38.8 Å². The van der Waals surface area contributed by atoms with Gasteiger partial charge in [-0.25, -0.2) is 4.98 Å². The van der Waals surface area contributed by atoms with Gasteiger partial charge in [-0.15, -0.1) is 0 Å². The third-order valence-electron chi connectivity index (χ3n) is 4.40. The molecule has 4 rings (SSSR count). The number of hydrogen-bond donors (Lipinski definition) is 2. The van der Waals surface area contributed by atoms with Crippen LogP contribution in [0.5, 0.6) is 0 Å². The topological polar surface area (TPSA) is 84.2 Å². The van der Waals surface area contributed by atoms with Crippen LogP contribution in [0.4, 0.5) is 10.8 Å². The van der Waals surface area contributed by atoms with Gasteiger partial charge < -0.3 is 15.1 Å². The Bertz CT molecular complexity index is 1320. The number of hydrogen-bond acceptors (Lipinski definition) is 5. The number of carbonyl (C=O) groups excluding carboxylic acids is 2. The molecular formula is C23H17Cl2N3O3S. The van der Waals surface area contributed by atoms with Crippen LogP contribution in [0.15, 0.2) is 59.0 Å². The summed E-state index contributed by atoms with van der Waals surface area (Å²) in [6, 6.07) is 14.0. The molecule has 2 aromatic carbocycles. The Labute approximate surface area is 197 Å². The quantitative estimate of drug-likeness (QED) is 0.292. The molecule has 0 bridgehead atoms. The maximum Gasteiger partial charge on any atom is 0.248 e. The zero-order valence-electron chi connectivity index (χ0n) is 16.8. The Balaban J connectivity index is 1.42. The number of halogens is 2. The van der Waals surface area contributed by atoms with Crippen LogP contribution in [-0.2, 0) is 9.59 Å². The summed E-state index contributed by atoms with van der Waals surface area (Å²) < 4.78 is 6.61. The first kappa shape index (κ1) is 22.1. The van der Waals surface area contributed by atoms with E-state index in [4.69, 9.17) is 27.6 Å². The number of amides is 2. The summed E-state index contributed by atoms with van der Waals surface area (Å²) in [5, 5.41) is 7.11. The van der Waals surface area contributed by atoms with Crippen LogP contribution < -0.4 is 10.6 Å². The molecule has 6 nitrogen and oxygen atoms in total. The SMILES string of the molecule is CCC(=O)Nc1nc2ccc(NC(=O)/C=C/c3ccc(-c4cc(Cl)cc(Cl)c4)o3)cc2s1. The lowest BCUT2D eigenvalue weighted by atomic mass is 10.2. The van der Waals surface area contributed by atoms with Crippen molar-refractivity contribution in [2.75, 3.05) is 10.6 Å². The van der Waals surface area contributed by atoms with Crippen LogP contribution in [0.3, 0.4) is 0 Å². The number of furan rings is 1.